The standard InChI is InChI=1S/C21H22N2O2/c1-5-23(20-9-7-6-8-14(20)2)21(24)18-13-16-12-17(25-4)10-11-19(16)22-15(18)3/h6-13H,5H2,1-4H3. The first-order chi connectivity index (χ1) is 12.0. The average Bonchev–Trinajstić information content (AvgIpc) is 2.62. The zero-order chi connectivity index (χ0) is 18.0. The lowest BCUT2D eigenvalue weighted by Crippen LogP contribution is -2.32. The van der Waals surface area contributed by atoms with Crippen molar-refractivity contribution in [3.05, 3.63) is 65.4 Å². The molecule has 0 aliphatic heterocycles. The van der Waals surface area contributed by atoms with Crippen LogP contribution in [0.1, 0.15) is 28.5 Å². The van der Waals surface area contributed by atoms with Gasteiger partial charge in [0.05, 0.1) is 23.9 Å². The van der Waals surface area contributed by atoms with E-state index in [-0.39, 0.29) is 5.91 Å². The lowest BCUT2D eigenvalue weighted by Gasteiger charge is -2.23. The summed E-state index contributed by atoms with van der Waals surface area (Å²) in [6.07, 6.45) is 0. The molecule has 4 nitrogen and oxygen atoms in total. The van der Waals surface area contributed by atoms with Crippen molar-refractivity contribution >= 4 is 22.5 Å². The van der Waals surface area contributed by atoms with Crippen LogP contribution in [0, 0.1) is 13.8 Å². The Bertz CT molecular complexity index is 934. The minimum Gasteiger partial charge on any atom is -0.497 e. The number of carbonyl (C=O) groups excluding carboxylic acids is 1. The first-order valence-corrected chi connectivity index (χ1v) is 8.38. The second kappa shape index (κ2) is 6.93. The largest absolute Gasteiger partial charge is 0.497 e. The molecule has 0 fully saturated rings. The quantitative estimate of drug-likeness (QED) is 0.704. The maximum atomic E-state index is 13.2. The van der Waals surface area contributed by atoms with E-state index in [2.05, 4.69) is 4.98 Å². The number of benzene rings is 2. The van der Waals surface area contributed by atoms with E-state index in [1.54, 1.807) is 12.0 Å². The molecule has 0 bridgehead atoms. The van der Waals surface area contributed by atoms with E-state index in [0.717, 1.165) is 33.6 Å². The van der Waals surface area contributed by atoms with Gasteiger partial charge in [-0.3, -0.25) is 9.78 Å². The maximum Gasteiger partial charge on any atom is 0.260 e. The SMILES string of the molecule is CCN(C(=O)c1cc2cc(OC)ccc2nc1C)c1ccccc1C. The third-order valence-corrected chi connectivity index (χ3v) is 4.41. The Kier molecular flexibility index (Phi) is 4.70. The van der Waals surface area contributed by atoms with Gasteiger partial charge in [-0.15, -0.1) is 0 Å². The number of aromatic nitrogens is 1. The van der Waals surface area contributed by atoms with Gasteiger partial charge in [-0.2, -0.15) is 0 Å². The van der Waals surface area contributed by atoms with E-state index in [9.17, 15) is 4.79 Å². The van der Waals surface area contributed by atoms with E-state index in [4.69, 9.17) is 4.74 Å². The van der Waals surface area contributed by atoms with Gasteiger partial charge in [-0.25, -0.2) is 0 Å². The van der Waals surface area contributed by atoms with Crippen molar-refractivity contribution in [2.45, 2.75) is 20.8 Å². The molecule has 1 aromatic heterocycles. The van der Waals surface area contributed by atoms with Gasteiger partial charge in [-0.05, 0) is 56.7 Å². The number of anilines is 1. The second-order valence-electron chi connectivity index (χ2n) is 6.02. The molecule has 0 saturated heterocycles. The minimum absolute atomic E-state index is 0.0356. The lowest BCUT2D eigenvalue weighted by molar-refractivity contribution is 0.0987. The number of hydrogen-bond acceptors (Lipinski definition) is 3. The number of para-hydroxylation sites is 1. The molecule has 0 unspecified atom stereocenters. The van der Waals surface area contributed by atoms with Crippen molar-refractivity contribution in [3.8, 4) is 5.75 Å². The van der Waals surface area contributed by atoms with Crippen LogP contribution < -0.4 is 9.64 Å². The number of aryl methyl sites for hydroxylation is 2. The van der Waals surface area contributed by atoms with Crippen molar-refractivity contribution in [3.63, 3.8) is 0 Å². The molecule has 3 aromatic rings. The Morgan fingerprint density at radius 1 is 1.12 bits per heavy atom. The van der Waals surface area contributed by atoms with E-state index in [1.807, 2.05) is 69.3 Å². The number of amides is 1. The zero-order valence-corrected chi connectivity index (χ0v) is 15.0. The Balaban J connectivity index is 2.08. The highest BCUT2D eigenvalue weighted by atomic mass is 16.5. The van der Waals surface area contributed by atoms with Crippen molar-refractivity contribution < 1.29 is 9.53 Å². The molecule has 0 radical (unpaired) electrons. The van der Waals surface area contributed by atoms with E-state index < -0.39 is 0 Å². The maximum absolute atomic E-state index is 13.2. The summed E-state index contributed by atoms with van der Waals surface area (Å²) in [5.41, 5.74) is 4.21. The van der Waals surface area contributed by atoms with E-state index in [0.29, 0.717) is 12.1 Å². The van der Waals surface area contributed by atoms with Gasteiger partial charge < -0.3 is 9.64 Å². The number of ether oxygens (including phenoxy) is 1. The number of nitrogens with zero attached hydrogens (tertiary/aromatic N) is 2. The van der Waals surface area contributed by atoms with Gasteiger partial charge in [0.2, 0.25) is 0 Å². The van der Waals surface area contributed by atoms with E-state index >= 15 is 0 Å². The van der Waals surface area contributed by atoms with Gasteiger partial charge in [0.15, 0.2) is 0 Å². The Hall–Kier alpha value is -2.88. The fraction of sp³-hybridized carbons (Fsp3) is 0.238. The minimum atomic E-state index is -0.0356. The molecule has 0 aliphatic rings. The molecule has 2 aromatic carbocycles. The highest BCUT2D eigenvalue weighted by molar-refractivity contribution is 6.08. The second-order valence-corrected chi connectivity index (χ2v) is 6.02. The topological polar surface area (TPSA) is 42.4 Å². The molecule has 25 heavy (non-hydrogen) atoms. The first-order valence-electron chi connectivity index (χ1n) is 8.38. The van der Waals surface area contributed by atoms with Crippen LogP contribution in [0.25, 0.3) is 10.9 Å². The number of fused-ring (bicyclic) bond motifs is 1. The van der Waals surface area contributed by atoms with Crippen molar-refractivity contribution in [1.29, 1.82) is 0 Å². The lowest BCUT2D eigenvalue weighted by atomic mass is 10.1. The zero-order valence-electron chi connectivity index (χ0n) is 15.0. The number of hydrogen-bond donors (Lipinski definition) is 0. The first kappa shape index (κ1) is 17.0. The van der Waals surface area contributed by atoms with Crippen molar-refractivity contribution in [2.75, 3.05) is 18.6 Å². The fourth-order valence-electron chi connectivity index (χ4n) is 3.03. The van der Waals surface area contributed by atoms with Crippen LogP contribution in [0.15, 0.2) is 48.5 Å². The van der Waals surface area contributed by atoms with Crippen LogP contribution >= 0.6 is 0 Å². The molecule has 128 valence electrons. The molecular weight excluding hydrogens is 312 g/mol. The summed E-state index contributed by atoms with van der Waals surface area (Å²) in [4.78, 5) is 19.6. The summed E-state index contributed by atoms with van der Waals surface area (Å²) in [5, 5.41) is 0.897. The van der Waals surface area contributed by atoms with E-state index in [1.165, 1.54) is 0 Å². The van der Waals surface area contributed by atoms with Gasteiger partial charge in [-0.1, -0.05) is 18.2 Å². The molecule has 0 aliphatic carbocycles. The molecule has 4 heteroatoms. The van der Waals surface area contributed by atoms with Gasteiger partial charge in [0.25, 0.3) is 5.91 Å². The van der Waals surface area contributed by atoms with Crippen molar-refractivity contribution in [2.24, 2.45) is 0 Å². The van der Waals surface area contributed by atoms with Crippen LogP contribution in [-0.2, 0) is 0 Å². The molecule has 1 heterocycles. The summed E-state index contributed by atoms with van der Waals surface area (Å²) in [5.74, 6) is 0.717. The number of rotatable bonds is 4. The highest BCUT2D eigenvalue weighted by Gasteiger charge is 2.20. The molecule has 0 atom stereocenters. The highest BCUT2D eigenvalue weighted by Crippen LogP contribution is 2.25. The Morgan fingerprint density at radius 3 is 2.56 bits per heavy atom. The third-order valence-electron chi connectivity index (χ3n) is 4.41. The molecule has 0 spiro atoms. The Morgan fingerprint density at radius 2 is 1.88 bits per heavy atom. The molecule has 3 rings (SSSR count). The number of pyridine rings is 1. The van der Waals surface area contributed by atoms with Crippen LogP contribution in [0.3, 0.4) is 0 Å². The monoisotopic (exact) mass is 334 g/mol. The predicted molar refractivity (Wildman–Crippen MR) is 102 cm³/mol. The summed E-state index contributed by atoms with van der Waals surface area (Å²) in [7, 11) is 1.63. The fourth-order valence-corrected chi connectivity index (χ4v) is 3.03. The predicted octanol–water partition coefficient (Wildman–Crippen LogP) is 4.53. The van der Waals surface area contributed by atoms with Gasteiger partial charge in [0, 0.05) is 17.6 Å². The Labute approximate surface area is 148 Å². The van der Waals surface area contributed by atoms with Gasteiger partial charge in [0.1, 0.15) is 5.75 Å². The summed E-state index contributed by atoms with van der Waals surface area (Å²) in [6.45, 7) is 6.47. The summed E-state index contributed by atoms with van der Waals surface area (Å²) >= 11 is 0. The van der Waals surface area contributed by atoms with Crippen LogP contribution in [0.4, 0.5) is 5.69 Å². The van der Waals surface area contributed by atoms with Crippen LogP contribution in [-0.4, -0.2) is 24.5 Å². The number of methoxy groups -OCH3 is 1. The third kappa shape index (κ3) is 3.20. The summed E-state index contributed by atoms with van der Waals surface area (Å²) < 4.78 is 5.28. The van der Waals surface area contributed by atoms with Crippen LogP contribution in [0.5, 0.6) is 5.75 Å². The van der Waals surface area contributed by atoms with Crippen molar-refractivity contribution in [1.82, 2.24) is 4.98 Å². The summed E-state index contributed by atoms with van der Waals surface area (Å²) in [6, 6.07) is 15.5. The molecule has 0 N–H and O–H groups in total. The normalized spacial score (nSPS) is 10.7. The average molecular weight is 334 g/mol. The smallest absolute Gasteiger partial charge is 0.260 e. The van der Waals surface area contributed by atoms with Crippen LogP contribution in [0.2, 0.25) is 0 Å². The molecule has 1 amide bonds. The molecular formula is C21H22N2O2. The number of carbonyl (C=O) groups is 1. The molecule has 0 saturated carbocycles. The van der Waals surface area contributed by atoms with Gasteiger partial charge >= 0.3 is 0 Å².